The number of alkyl halides is 2. The van der Waals surface area contributed by atoms with Gasteiger partial charge in [0, 0.05) is 6.54 Å². The van der Waals surface area contributed by atoms with Gasteiger partial charge < -0.3 is 10.2 Å². The molecule has 1 saturated heterocycles. The lowest BCUT2D eigenvalue weighted by atomic mass is 9.89. The molecule has 1 rings (SSSR count). The molecule has 0 amide bonds. The zero-order valence-corrected chi connectivity index (χ0v) is 8.32. The summed E-state index contributed by atoms with van der Waals surface area (Å²) < 4.78 is 25.7. The average Bonchev–Trinajstić information content (AvgIpc) is 2.04. The minimum atomic E-state index is -2.27. The van der Waals surface area contributed by atoms with Crippen molar-refractivity contribution in [3.8, 4) is 0 Å². The Morgan fingerprint density at radius 1 is 1.54 bits per heavy atom. The molecule has 1 unspecified atom stereocenters. The van der Waals surface area contributed by atoms with Gasteiger partial charge in [0.25, 0.3) is 6.43 Å². The number of rotatable bonds is 3. The van der Waals surface area contributed by atoms with E-state index in [1.165, 1.54) is 0 Å². The van der Waals surface area contributed by atoms with E-state index in [1.807, 2.05) is 18.9 Å². The molecule has 0 aromatic rings. The minimum Gasteiger partial charge on any atom is -0.306 e. The van der Waals surface area contributed by atoms with Crippen LogP contribution in [0.3, 0.4) is 0 Å². The van der Waals surface area contributed by atoms with Gasteiger partial charge in [-0.3, -0.25) is 0 Å². The van der Waals surface area contributed by atoms with Gasteiger partial charge >= 0.3 is 0 Å². The standard InChI is InChI=1S/C9H18F2N2/c1-3-12-9(8(10)11)5-4-6-13(2)7-9/h8,12H,3-7H2,1-2H3. The Morgan fingerprint density at radius 2 is 2.23 bits per heavy atom. The fourth-order valence-electron chi connectivity index (χ4n) is 2.06. The molecular formula is C9H18F2N2. The van der Waals surface area contributed by atoms with Crippen LogP contribution >= 0.6 is 0 Å². The number of hydrogen-bond acceptors (Lipinski definition) is 2. The van der Waals surface area contributed by atoms with E-state index in [0.29, 0.717) is 19.5 Å². The van der Waals surface area contributed by atoms with Gasteiger partial charge in [-0.1, -0.05) is 6.92 Å². The van der Waals surface area contributed by atoms with Crippen LogP contribution in [-0.4, -0.2) is 43.5 Å². The predicted octanol–water partition coefficient (Wildman–Crippen LogP) is 1.33. The highest BCUT2D eigenvalue weighted by Crippen LogP contribution is 2.26. The number of piperidine rings is 1. The van der Waals surface area contributed by atoms with Crippen molar-refractivity contribution in [2.45, 2.75) is 31.7 Å². The molecular weight excluding hydrogens is 174 g/mol. The summed E-state index contributed by atoms with van der Waals surface area (Å²) in [5.74, 6) is 0. The summed E-state index contributed by atoms with van der Waals surface area (Å²) in [4.78, 5) is 1.97. The van der Waals surface area contributed by atoms with Gasteiger partial charge in [-0.15, -0.1) is 0 Å². The maximum Gasteiger partial charge on any atom is 0.257 e. The van der Waals surface area contributed by atoms with Crippen LogP contribution in [0.25, 0.3) is 0 Å². The molecule has 78 valence electrons. The first-order valence-electron chi connectivity index (χ1n) is 4.82. The maximum absolute atomic E-state index is 12.8. The van der Waals surface area contributed by atoms with Crippen molar-refractivity contribution in [1.82, 2.24) is 10.2 Å². The molecule has 1 N–H and O–H groups in total. The van der Waals surface area contributed by atoms with Crippen molar-refractivity contribution < 1.29 is 8.78 Å². The van der Waals surface area contributed by atoms with Gasteiger partial charge in [-0.25, -0.2) is 8.78 Å². The van der Waals surface area contributed by atoms with Gasteiger partial charge in [0.2, 0.25) is 0 Å². The maximum atomic E-state index is 12.8. The highest BCUT2D eigenvalue weighted by molar-refractivity contribution is 4.95. The summed E-state index contributed by atoms with van der Waals surface area (Å²) in [6.45, 7) is 3.87. The van der Waals surface area contributed by atoms with Crippen molar-refractivity contribution in [1.29, 1.82) is 0 Å². The van der Waals surface area contributed by atoms with Crippen molar-refractivity contribution in [2.24, 2.45) is 0 Å². The van der Waals surface area contributed by atoms with Crippen LogP contribution < -0.4 is 5.32 Å². The van der Waals surface area contributed by atoms with E-state index < -0.39 is 12.0 Å². The third-order valence-electron chi connectivity index (χ3n) is 2.66. The van der Waals surface area contributed by atoms with Gasteiger partial charge in [-0.2, -0.15) is 0 Å². The summed E-state index contributed by atoms with van der Waals surface area (Å²) >= 11 is 0. The van der Waals surface area contributed by atoms with Crippen molar-refractivity contribution >= 4 is 0 Å². The molecule has 0 aromatic heterocycles. The first kappa shape index (κ1) is 10.9. The van der Waals surface area contributed by atoms with Crippen molar-refractivity contribution in [3.63, 3.8) is 0 Å². The molecule has 0 saturated carbocycles. The first-order chi connectivity index (χ1) is 6.10. The Hall–Kier alpha value is -0.220. The third kappa shape index (κ3) is 2.38. The molecule has 0 bridgehead atoms. The molecule has 4 heteroatoms. The number of halogens is 2. The molecule has 0 aromatic carbocycles. The predicted molar refractivity (Wildman–Crippen MR) is 49.1 cm³/mol. The molecule has 1 fully saturated rings. The second-order valence-corrected chi connectivity index (χ2v) is 3.83. The highest BCUT2D eigenvalue weighted by Gasteiger charge is 2.41. The van der Waals surface area contributed by atoms with Gasteiger partial charge in [0.15, 0.2) is 0 Å². The SMILES string of the molecule is CCNC1(C(F)F)CCCN(C)C1. The Bertz CT molecular complexity index is 160. The first-order valence-corrected chi connectivity index (χ1v) is 4.82. The van der Waals surface area contributed by atoms with Crippen LogP contribution in [0.15, 0.2) is 0 Å². The molecule has 13 heavy (non-hydrogen) atoms. The third-order valence-corrected chi connectivity index (χ3v) is 2.66. The summed E-state index contributed by atoms with van der Waals surface area (Å²) in [6, 6.07) is 0. The quantitative estimate of drug-likeness (QED) is 0.725. The van der Waals surface area contributed by atoms with Crippen LogP contribution in [0, 0.1) is 0 Å². The molecule has 1 aliphatic rings. The fraction of sp³-hybridized carbons (Fsp3) is 1.00. The molecule has 2 nitrogen and oxygen atoms in total. The van der Waals surface area contributed by atoms with Crippen molar-refractivity contribution in [3.05, 3.63) is 0 Å². The molecule has 0 spiro atoms. The van der Waals surface area contributed by atoms with E-state index in [9.17, 15) is 8.78 Å². The Labute approximate surface area is 78.3 Å². The Kier molecular flexibility index (Phi) is 3.62. The molecule has 0 aliphatic carbocycles. The van der Waals surface area contributed by atoms with Crippen LogP contribution in [0.1, 0.15) is 19.8 Å². The smallest absolute Gasteiger partial charge is 0.257 e. The lowest BCUT2D eigenvalue weighted by Gasteiger charge is -2.41. The lowest BCUT2D eigenvalue weighted by Crippen LogP contribution is -2.60. The molecule has 1 atom stereocenters. The fourth-order valence-corrected chi connectivity index (χ4v) is 2.06. The average molecular weight is 192 g/mol. The van der Waals surface area contributed by atoms with Crippen LogP contribution in [0.4, 0.5) is 8.78 Å². The van der Waals surface area contributed by atoms with E-state index in [1.54, 1.807) is 0 Å². The van der Waals surface area contributed by atoms with Crippen molar-refractivity contribution in [2.75, 3.05) is 26.7 Å². The van der Waals surface area contributed by atoms with E-state index in [2.05, 4.69) is 5.32 Å². The Morgan fingerprint density at radius 3 is 2.69 bits per heavy atom. The largest absolute Gasteiger partial charge is 0.306 e. The van der Waals surface area contributed by atoms with E-state index >= 15 is 0 Å². The minimum absolute atomic E-state index is 0.457. The van der Waals surface area contributed by atoms with E-state index in [4.69, 9.17) is 0 Å². The molecule has 1 aliphatic heterocycles. The van der Waals surface area contributed by atoms with Crippen LogP contribution in [0.5, 0.6) is 0 Å². The van der Waals surface area contributed by atoms with E-state index in [0.717, 1.165) is 13.0 Å². The summed E-state index contributed by atoms with van der Waals surface area (Å²) in [5, 5.41) is 2.94. The summed E-state index contributed by atoms with van der Waals surface area (Å²) in [5.41, 5.74) is -0.957. The number of nitrogens with zero attached hydrogens (tertiary/aromatic N) is 1. The Balaban J connectivity index is 2.64. The topological polar surface area (TPSA) is 15.3 Å². The monoisotopic (exact) mass is 192 g/mol. The second kappa shape index (κ2) is 4.33. The zero-order valence-electron chi connectivity index (χ0n) is 8.32. The molecule has 0 radical (unpaired) electrons. The van der Waals surface area contributed by atoms with Gasteiger partial charge in [0.1, 0.15) is 0 Å². The van der Waals surface area contributed by atoms with E-state index in [-0.39, 0.29) is 0 Å². The van der Waals surface area contributed by atoms with Crippen LogP contribution in [-0.2, 0) is 0 Å². The summed E-state index contributed by atoms with van der Waals surface area (Å²) in [6.07, 6.45) is -0.827. The highest BCUT2D eigenvalue weighted by atomic mass is 19.3. The van der Waals surface area contributed by atoms with Gasteiger partial charge in [-0.05, 0) is 33.0 Å². The van der Waals surface area contributed by atoms with Crippen LogP contribution in [0.2, 0.25) is 0 Å². The normalized spacial score (nSPS) is 31.2. The van der Waals surface area contributed by atoms with Gasteiger partial charge in [0.05, 0.1) is 5.54 Å². The number of hydrogen-bond donors (Lipinski definition) is 1. The summed E-state index contributed by atoms with van der Waals surface area (Å²) in [7, 11) is 1.90. The number of likely N-dealkylation sites (N-methyl/N-ethyl adjacent to an activating group) is 2. The second-order valence-electron chi connectivity index (χ2n) is 3.83. The number of likely N-dealkylation sites (tertiary alicyclic amines) is 1. The zero-order chi connectivity index (χ0) is 9.90. The lowest BCUT2D eigenvalue weighted by molar-refractivity contribution is -0.0113. The number of nitrogens with one attached hydrogen (secondary N) is 1. The molecule has 1 heterocycles.